The summed E-state index contributed by atoms with van der Waals surface area (Å²) >= 11 is 0. The summed E-state index contributed by atoms with van der Waals surface area (Å²) in [5, 5.41) is 6.22. The van der Waals surface area contributed by atoms with Crippen LogP contribution in [-0.4, -0.2) is 22.5 Å². The van der Waals surface area contributed by atoms with E-state index in [0.29, 0.717) is 6.54 Å². The first-order chi connectivity index (χ1) is 5.92. The molecule has 0 spiro atoms. The number of carbonyl (C=O) groups is 1. The van der Waals surface area contributed by atoms with Crippen molar-refractivity contribution in [2.45, 2.75) is 13.1 Å². The van der Waals surface area contributed by atoms with Crippen LogP contribution in [0, 0.1) is 0 Å². The normalized spacial score (nSPS) is 15.0. The van der Waals surface area contributed by atoms with Crippen LogP contribution >= 0.6 is 0 Å². The highest BCUT2D eigenvalue weighted by Gasteiger charge is 2.13. The zero-order valence-corrected chi connectivity index (χ0v) is 6.58. The van der Waals surface area contributed by atoms with Gasteiger partial charge in [0.15, 0.2) is 0 Å². The average Bonchev–Trinajstić information content (AvgIpc) is 2.50. The molecule has 0 atom stereocenters. The van der Waals surface area contributed by atoms with Crippen LogP contribution in [0.25, 0.3) is 0 Å². The van der Waals surface area contributed by atoms with Crippen LogP contribution in [0.3, 0.4) is 0 Å². The highest BCUT2D eigenvalue weighted by Crippen LogP contribution is 2.14. The Bertz CT molecular complexity index is 294. The molecule has 1 aliphatic heterocycles. The third-order valence-corrected chi connectivity index (χ3v) is 1.89. The Morgan fingerprint density at radius 1 is 1.75 bits per heavy atom. The number of hydrogen-bond donors (Lipinski definition) is 2. The molecule has 1 aromatic heterocycles. The molecule has 0 aromatic carbocycles. The van der Waals surface area contributed by atoms with E-state index < -0.39 is 0 Å². The molecule has 12 heavy (non-hydrogen) atoms. The Hall–Kier alpha value is -1.36. The van der Waals surface area contributed by atoms with Gasteiger partial charge in [-0.1, -0.05) is 0 Å². The van der Waals surface area contributed by atoms with Crippen LogP contribution in [0.4, 0.5) is 5.82 Å². The lowest BCUT2D eigenvalue weighted by molar-refractivity contribution is -0.108. The lowest BCUT2D eigenvalue weighted by atomic mass is 10.3. The third kappa shape index (κ3) is 1.08. The van der Waals surface area contributed by atoms with Gasteiger partial charge in [-0.15, -0.1) is 0 Å². The minimum atomic E-state index is 0.381. The molecule has 0 amide bonds. The fraction of sp³-hybridized carbons (Fsp3) is 0.429. The summed E-state index contributed by atoms with van der Waals surface area (Å²) < 4.78 is 1.83. The first-order valence-electron chi connectivity index (χ1n) is 3.84. The zero-order chi connectivity index (χ0) is 8.39. The highest BCUT2D eigenvalue weighted by atomic mass is 16.1. The summed E-state index contributed by atoms with van der Waals surface area (Å²) in [7, 11) is 0. The molecular formula is C7H10N4O. The Labute approximate surface area is 69.8 Å². The maximum Gasteiger partial charge on any atom is 0.149 e. The van der Waals surface area contributed by atoms with Crippen molar-refractivity contribution in [1.29, 1.82) is 0 Å². The summed E-state index contributed by atoms with van der Waals surface area (Å²) in [4.78, 5) is 14.4. The summed E-state index contributed by atoms with van der Waals surface area (Å²) in [6, 6.07) is 0. The fourth-order valence-electron chi connectivity index (χ4n) is 1.31. The van der Waals surface area contributed by atoms with Gasteiger partial charge in [0.25, 0.3) is 0 Å². The maximum absolute atomic E-state index is 10.3. The van der Waals surface area contributed by atoms with Crippen molar-refractivity contribution < 1.29 is 4.79 Å². The quantitative estimate of drug-likeness (QED) is 0.584. The molecule has 0 unspecified atom stereocenters. The summed E-state index contributed by atoms with van der Waals surface area (Å²) in [5.74, 6) is 0.885. The van der Waals surface area contributed by atoms with E-state index in [1.54, 1.807) is 6.33 Å². The molecule has 0 fully saturated rings. The van der Waals surface area contributed by atoms with E-state index in [2.05, 4.69) is 15.6 Å². The molecule has 64 valence electrons. The molecule has 1 aromatic rings. The van der Waals surface area contributed by atoms with Gasteiger partial charge >= 0.3 is 0 Å². The number of nitrogens with zero attached hydrogens (tertiary/aromatic N) is 2. The number of imidazole rings is 1. The number of fused-ring (bicyclic) bond motifs is 1. The molecule has 1 aliphatic rings. The molecule has 0 saturated heterocycles. The van der Waals surface area contributed by atoms with Crippen molar-refractivity contribution in [3.05, 3.63) is 12.0 Å². The SMILES string of the molecule is O=CCn1cnc2c1CNCN2. The highest BCUT2D eigenvalue weighted by molar-refractivity contribution is 5.51. The van der Waals surface area contributed by atoms with Gasteiger partial charge in [0.2, 0.25) is 0 Å². The topological polar surface area (TPSA) is 59.0 Å². The summed E-state index contributed by atoms with van der Waals surface area (Å²) in [5.41, 5.74) is 1.05. The number of aromatic nitrogens is 2. The van der Waals surface area contributed by atoms with E-state index >= 15 is 0 Å². The van der Waals surface area contributed by atoms with Gasteiger partial charge in [0, 0.05) is 6.54 Å². The monoisotopic (exact) mass is 166 g/mol. The predicted octanol–water partition coefficient (Wildman–Crippen LogP) is -0.445. The van der Waals surface area contributed by atoms with Gasteiger partial charge in [-0.3, -0.25) is 5.32 Å². The van der Waals surface area contributed by atoms with Crippen LogP contribution in [0.5, 0.6) is 0 Å². The number of aldehydes is 1. The first kappa shape index (κ1) is 7.30. The molecular weight excluding hydrogens is 156 g/mol. The van der Waals surface area contributed by atoms with Crippen LogP contribution in [0.15, 0.2) is 6.33 Å². The van der Waals surface area contributed by atoms with Gasteiger partial charge in [-0.05, 0) is 0 Å². The van der Waals surface area contributed by atoms with Crippen molar-refractivity contribution in [2.75, 3.05) is 12.0 Å². The van der Waals surface area contributed by atoms with Crippen LogP contribution < -0.4 is 10.6 Å². The predicted molar refractivity (Wildman–Crippen MR) is 43.6 cm³/mol. The zero-order valence-electron chi connectivity index (χ0n) is 6.58. The number of hydrogen-bond acceptors (Lipinski definition) is 4. The van der Waals surface area contributed by atoms with Crippen molar-refractivity contribution in [3.8, 4) is 0 Å². The molecule has 2 N–H and O–H groups in total. The Balaban J connectivity index is 2.31. The minimum absolute atomic E-state index is 0.381. The fourth-order valence-corrected chi connectivity index (χ4v) is 1.31. The van der Waals surface area contributed by atoms with Crippen molar-refractivity contribution in [1.82, 2.24) is 14.9 Å². The van der Waals surface area contributed by atoms with Gasteiger partial charge in [-0.2, -0.15) is 0 Å². The average molecular weight is 166 g/mol. The number of nitrogens with one attached hydrogen (secondary N) is 2. The van der Waals surface area contributed by atoms with Gasteiger partial charge in [-0.25, -0.2) is 4.98 Å². The minimum Gasteiger partial charge on any atom is -0.356 e. The second kappa shape index (κ2) is 2.94. The van der Waals surface area contributed by atoms with Crippen LogP contribution in [-0.2, 0) is 17.9 Å². The standard InChI is InChI=1S/C7H10N4O/c12-2-1-11-5-10-7-6(11)3-8-4-9-7/h2,5,8-9H,1,3-4H2. The van der Waals surface area contributed by atoms with E-state index in [1.807, 2.05) is 4.57 Å². The lowest BCUT2D eigenvalue weighted by Gasteiger charge is -2.15. The van der Waals surface area contributed by atoms with Gasteiger partial charge in [0.05, 0.1) is 25.2 Å². The third-order valence-electron chi connectivity index (χ3n) is 1.89. The van der Waals surface area contributed by atoms with Gasteiger partial charge < -0.3 is 14.7 Å². The van der Waals surface area contributed by atoms with Crippen LogP contribution in [0.1, 0.15) is 5.69 Å². The molecule has 0 bridgehead atoms. The van der Waals surface area contributed by atoms with Crippen LogP contribution in [0.2, 0.25) is 0 Å². The molecule has 0 aliphatic carbocycles. The second-order valence-electron chi connectivity index (χ2n) is 2.64. The smallest absolute Gasteiger partial charge is 0.149 e. The van der Waals surface area contributed by atoms with E-state index in [1.165, 1.54) is 0 Å². The Kier molecular flexibility index (Phi) is 1.79. The van der Waals surface area contributed by atoms with Gasteiger partial charge in [0.1, 0.15) is 12.1 Å². The first-order valence-corrected chi connectivity index (χ1v) is 3.84. The van der Waals surface area contributed by atoms with Crippen molar-refractivity contribution in [3.63, 3.8) is 0 Å². The largest absolute Gasteiger partial charge is 0.356 e. The number of carbonyl (C=O) groups excluding carboxylic acids is 1. The molecule has 0 saturated carbocycles. The van der Waals surface area contributed by atoms with E-state index in [-0.39, 0.29) is 0 Å². The Morgan fingerprint density at radius 3 is 3.50 bits per heavy atom. The molecule has 5 heteroatoms. The summed E-state index contributed by atoms with van der Waals surface area (Å²) in [6.07, 6.45) is 2.55. The van der Waals surface area contributed by atoms with Crippen molar-refractivity contribution in [2.24, 2.45) is 0 Å². The van der Waals surface area contributed by atoms with E-state index in [4.69, 9.17) is 0 Å². The lowest BCUT2D eigenvalue weighted by Crippen LogP contribution is -2.28. The molecule has 2 heterocycles. The molecule has 2 rings (SSSR count). The summed E-state index contributed by atoms with van der Waals surface area (Å²) in [6.45, 7) is 1.90. The number of anilines is 1. The maximum atomic E-state index is 10.3. The van der Waals surface area contributed by atoms with E-state index in [9.17, 15) is 4.79 Å². The molecule has 5 nitrogen and oxygen atoms in total. The second-order valence-corrected chi connectivity index (χ2v) is 2.64. The van der Waals surface area contributed by atoms with Crippen molar-refractivity contribution >= 4 is 12.1 Å². The van der Waals surface area contributed by atoms with E-state index in [0.717, 1.165) is 31.0 Å². The molecule has 0 radical (unpaired) electrons. The Morgan fingerprint density at radius 2 is 2.67 bits per heavy atom. The number of rotatable bonds is 2.